The minimum absolute atomic E-state index is 0.0870. The Kier molecular flexibility index (Phi) is 6.89. The normalized spacial score (nSPS) is 15.6. The molecule has 14 aromatic rings. The lowest BCUT2D eigenvalue weighted by Gasteiger charge is -2.33. The van der Waals surface area contributed by atoms with Gasteiger partial charge in [0, 0.05) is 47.6 Å². The zero-order chi connectivity index (χ0) is 63.4. The van der Waals surface area contributed by atoms with Crippen molar-refractivity contribution in [1.82, 2.24) is 19.5 Å². The van der Waals surface area contributed by atoms with E-state index < -0.39 is 124 Å². The van der Waals surface area contributed by atoms with Crippen LogP contribution >= 0.6 is 11.3 Å². The number of benzene rings is 11. The van der Waals surface area contributed by atoms with Crippen LogP contribution in [0.3, 0.4) is 0 Å². The van der Waals surface area contributed by atoms with Crippen LogP contribution in [0.2, 0.25) is 0 Å². The number of para-hydroxylation sites is 1. The maximum atomic E-state index is 10.1. The third-order valence-corrected chi connectivity index (χ3v) is 15.4. The van der Waals surface area contributed by atoms with Gasteiger partial charge in [-0.1, -0.05) is 218 Å². The molecule has 0 radical (unpaired) electrons. The lowest BCUT2D eigenvalue weighted by molar-refractivity contribution is 0.768. The topological polar surface area (TPSA) is 43.6 Å². The summed E-state index contributed by atoms with van der Waals surface area (Å²) < 4.78 is 150. The second-order valence-corrected chi connectivity index (χ2v) is 19.2. The van der Waals surface area contributed by atoms with Crippen LogP contribution in [0.4, 0.5) is 0 Å². The quantitative estimate of drug-likeness (QED) is 0.152. The predicted octanol–water partition coefficient (Wildman–Crippen LogP) is 18.0. The van der Waals surface area contributed by atoms with Gasteiger partial charge in [0.15, 0.2) is 17.5 Å². The molecule has 5 heteroatoms. The molecule has 0 saturated carbocycles. The summed E-state index contributed by atoms with van der Waals surface area (Å²) in [5, 5.41) is 1.36. The van der Waals surface area contributed by atoms with E-state index in [1.54, 1.807) is 35.6 Å². The van der Waals surface area contributed by atoms with Crippen LogP contribution in [-0.2, 0) is 5.41 Å². The Balaban J connectivity index is 1.07. The molecule has 0 N–H and O–H groups in total. The minimum atomic E-state index is -0.803. The molecule has 0 bridgehead atoms. The average Bonchev–Trinajstić information content (AvgIpc) is 1.56. The van der Waals surface area contributed by atoms with E-state index in [0.717, 1.165) is 53.6 Å². The average molecular weight is 989 g/mol. The highest BCUT2D eigenvalue weighted by Gasteiger charge is 2.47. The molecule has 0 unspecified atom stereocenters. The van der Waals surface area contributed by atoms with Gasteiger partial charge in [-0.2, -0.15) is 0 Å². The summed E-state index contributed by atoms with van der Waals surface area (Å²) in [5.41, 5.74) is 4.07. The number of hydrogen-bond acceptors (Lipinski definition) is 4. The Morgan fingerprint density at radius 1 is 0.373 bits per heavy atom. The Morgan fingerprint density at radius 2 is 0.867 bits per heavy atom. The predicted molar refractivity (Wildman–Crippen MR) is 312 cm³/mol. The van der Waals surface area contributed by atoms with Gasteiger partial charge in [0.1, 0.15) is 0 Å². The number of nitrogens with zero attached hydrogens (tertiary/aromatic N) is 4. The van der Waals surface area contributed by atoms with Crippen molar-refractivity contribution in [2.24, 2.45) is 0 Å². The van der Waals surface area contributed by atoms with E-state index in [4.69, 9.17) is 28.7 Å². The van der Waals surface area contributed by atoms with Gasteiger partial charge >= 0.3 is 0 Å². The van der Waals surface area contributed by atoms with Crippen molar-refractivity contribution in [3.05, 3.63) is 289 Å². The monoisotopic (exact) mass is 988 g/mol. The highest BCUT2D eigenvalue weighted by atomic mass is 32.1. The van der Waals surface area contributed by atoms with E-state index in [9.17, 15) is 8.22 Å². The number of rotatable bonds is 8. The maximum absolute atomic E-state index is 10.1. The summed E-state index contributed by atoms with van der Waals surface area (Å²) in [4.78, 5) is 16.3. The van der Waals surface area contributed by atoms with Gasteiger partial charge in [-0.3, -0.25) is 0 Å². The van der Waals surface area contributed by atoms with Crippen molar-refractivity contribution in [1.29, 1.82) is 0 Å². The number of aromatic nitrogens is 4. The molecular formula is C70H44N4S. The van der Waals surface area contributed by atoms with Gasteiger partial charge in [0.05, 0.1) is 44.1 Å². The molecule has 75 heavy (non-hydrogen) atoms. The lowest BCUT2D eigenvalue weighted by atomic mass is 9.67. The van der Waals surface area contributed by atoms with Crippen molar-refractivity contribution in [2.75, 3.05) is 0 Å². The Labute approximate surface area is 460 Å². The van der Waals surface area contributed by atoms with Crippen LogP contribution in [0.1, 0.15) is 44.2 Å². The van der Waals surface area contributed by atoms with E-state index in [2.05, 4.69) is 60.7 Å². The largest absolute Gasteiger partial charge is 0.309 e. The van der Waals surface area contributed by atoms with Crippen LogP contribution in [0.25, 0.3) is 115 Å². The third-order valence-electron chi connectivity index (χ3n) is 14.2. The summed E-state index contributed by atoms with van der Waals surface area (Å²) in [7, 11) is 0. The maximum Gasteiger partial charge on any atom is 0.166 e. The second-order valence-electron chi connectivity index (χ2n) is 18.1. The first-order valence-electron chi connectivity index (χ1n) is 32.2. The molecule has 1 aliphatic carbocycles. The molecule has 0 aliphatic heterocycles. The summed E-state index contributed by atoms with van der Waals surface area (Å²) in [6.45, 7) is 0. The highest BCUT2D eigenvalue weighted by molar-refractivity contribution is 7.26. The van der Waals surface area contributed by atoms with Gasteiger partial charge in [0.25, 0.3) is 0 Å². The fraction of sp³-hybridized carbons (Fsp3) is 0.0143. The van der Waals surface area contributed by atoms with Crippen molar-refractivity contribution in [2.45, 2.75) is 5.41 Å². The van der Waals surface area contributed by atoms with Crippen LogP contribution in [-0.4, -0.2) is 19.5 Å². The first kappa shape index (κ1) is 29.8. The molecule has 3 aromatic heterocycles. The first-order valence-corrected chi connectivity index (χ1v) is 25.0. The minimum Gasteiger partial charge on any atom is -0.309 e. The van der Waals surface area contributed by atoms with E-state index in [1.807, 2.05) is 84.9 Å². The van der Waals surface area contributed by atoms with Crippen LogP contribution in [0.15, 0.2) is 267 Å². The van der Waals surface area contributed by atoms with E-state index >= 15 is 0 Å². The number of thiophene rings is 1. The third kappa shape index (κ3) is 6.72. The van der Waals surface area contributed by atoms with E-state index in [-0.39, 0.29) is 50.5 Å². The van der Waals surface area contributed by atoms with E-state index in [1.165, 1.54) is 4.57 Å². The van der Waals surface area contributed by atoms with Crippen molar-refractivity contribution in [3.8, 4) is 73.2 Å². The van der Waals surface area contributed by atoms with Gasteiger partial charge in [-0.15, -0.1) is 11.3 Å². The molecular weight excluding hydrogens is 929 g/mol. The molecule has 0 amide bonds. The van der Waals surface area contributed by atoms with Crippen molar-refractivity contribution in [3.63, 3.8) is 0 Å². The molecule has 0 fully saturated rings. The Hall–Kier alpha value is -9.55. The molecule has 0 saturated heterocycles. The summed E-state index contributed by atoms with van der Waals surface area (Å²) in [5.74, 6) is 0.647. The Morgan fingerprint density at radius 3 is 1.53 bits per heavy atom. The van der Waals surface area contributed by atoms with Gasteiger partial charge in [-0.25, -0.2) is 15.0 Å². The van der Waals surface area contributed by atoms with Crippen LogP contribution in [0.5, 0.6) is 0 Å². The summed E-state index contributed by atoms with van der Waals surface area (Å²) in [6.07, 6.45) is 0. The van der Waals surface area contributed by atoms with Crippen LogP contribution in [0, 0.1) is 0 Å². The molecule has 350 valence electrons. The van der Waals surface area contributed by atoms with Gasteiger partial charge in [0.2, 0.25) is 0 Å². The molecule has 4 nitrogen and oxygen atoms in total. The van der Waals surface area contributed by atoms with Crippen LogP contribution < -0.4 is 0 Å². The SMILES string of the molecule is [2H]c1c([2H])c([2H])c(-c2c([2H])c([2H])c3c(c2[2H])c2c([2H])c(-c4c([2H])c([2H])c([2H])c([2H])c4[2H])c([2H])c([2H])c2n3-c2ccccc2-c2nc(-c3cccc4c3-c3ccccc3C4(c3ccccc3)c3ccccc3)nc(-c3cccc4c3sc3ccccc34)n2)c([2H])c1[2H]. The van der Waals surface area contributed by atoms with E-state index in [0.29, 0.717) is 11.1 Å². The Bertz CT molecular complexity index is 5280. The number of hydrogen-bond donors (Lipinski definition) is 0. The standard InChI is InChI=1S/C70H44N4S/c1-5-21-45(22-6-1)47-39-41-62-57(43-47)58-44-48(46-23-7-2-8-24-46)40-42-63(58)74(62)61-37-17-14-31-54(61)67-71-68(73-69(72-67)56-34-19-32-52-51-29-15-18-38-64(51)75-66(52)56)55-33-20-36-60-65(55)53-30-13-16-35-59(53)70(60,49-25-9-3-10-26-49)50-27-11-4-12-28-50/h1-44H/i1D,2D,5D,6D,7D,8D,21D,22D,23D,24D,39D,40D,41D,42D,43D,44D. The molecule has 0 spiro atoms. The summed E-state index contributed by atoms with van der Waals surface area (Å²) >= 11 is 1.59. The molecule has 1 aliphatic rings. The van der Waals surface area contributed by atoms with Gasteiger partial charge < -0.3 is 4.57 Å². The molecule has 15 rings (SSSR count). The molecule has 11 aromatic carbocycles. The molecule has 0 atom stereocenters. The lowest BCUT2D eigenvalue weighted by Crippen LogP contribution is -2.28. The summed E-state index contributed by atoms with van der Waals surface area (Å²) in [6, 6.07) is 44.1. The zero-order valence-corrected chi connectivity index (χ0v) is 40.2. The second kappa shape index (κ2) is 17.3. The van der Waals surface area contributed by atoms with Crippen molar-refractivity contribution >= 4 is 53.3 Å². The zero-order valence-electron chi connectivity index (χ0n) is 55.4. The highest BCUT2D eigenvalue weighted by Crippen LogP contribution is 2.58. The fourth-order valence-electron chi connectivity index (χ4n) is 11.0. The fourth-order valence-corrected chi connectivity index (χ4v) is 12.3. The number of fused-ring (bicyclic) bond motifs is 9. The van der Waals surface area contributed by atoms with Gasteiger partial charge in [-0.05, 0) is 104 Å². The van der Waals surface area contributed by atoms with Crippen molar-refractivity contribution < 1.29 is 21.9 Å². The first-order chi connectivity index (χ1) is 43.9. The molecule has 3 heterocycles. The smallest absolute Gasteiger partial charge is 0.166 e.